The van der Waals surface area contributed by atoms with Gasteiger partial charge in [0, 0.05) is 36.6 Å². The van der Waals surface area contributed by atoms with Gasteiger partial charge < -0.3 is 15.5 Å². The summed E-state index contributed by atoms with van der Waals surface area (Å²) < 4.78 is 0. The number of piperidine rings is 1. The normalized spacial score (nSPS) is 26.6. The number of halogens is 2. The maximum atomic E-state index is 12.8. The number of likely N-dealkylation sites (tertiary alicyclic amines) is 1. The standard InChI is InChI=1S/C20H26ClN3O2.ClH/c21-14-3-6-18(17(12-14)20(26)24-7-1-2-8-24)23-19(25)11-13-9-15-4-5-16(10-13)22-15;/h3,6,12-13,15-16,22H,1-2,4-5,7-11H2,(H,23,25);1H. The molecule has 2 unspecified atom stereocenters. The Morgan fingerprint density at radius 2 is 1.81 bits per heavy atom. The van der Waals surface area contributed by atoms with E-state index in [1.807, 2.05) is 4.90 Å². The lowest BCUT2D eigenvalue weighted by Gasteiger charge is -2.28. The maximum Gasteiger partial charge on any atom is 0.256 e. The first-order chi connectivity index (χ1) is 12.6. The molecular formula is C20H27Cl2N3O2. The lowest BCUT2D eigenvalue weighted by molar-refractivity contribution is -0.117. The van der Waals surface area contributed by atoms with E-state index in [1.54, 1.807) is 18.2 Å². The zero-order valence-corrected chi connectivity index (χ0v) is 17.0. The molecule has 27 heavy (non-hydrogen) atoms. The Kier molecular flexibility index (Phi) is 6.66. The van der Waals surface area contributed by atoms with Crippen LogP contribution in [-0.4, -0.2) is 41.9 Å². The van der Waals surface area contributed by atoms with Crippen molar-refractivity contribution in [2.45, 2.75) is 57.0 Å². The Balaban J connectivity index is 0.00000210. The summed E-state index contributed by atoms with van der Waals surface area (Å²) in [6.07, 6.45) is 7.20. The van der Waals surface area contributed by atoms with Crippen LogP contribution in [0.4, 0.5) is 5.69 Å². The van der Waals surface area contributed by atoms with Crippen molar-refractivity contribution in [1.82, 2.24) is 10.2 Å². The molecule has 148 valence electrons. The van der Waals surface area contributed by atoms with Gasteiger partial charge in [-0.3, -0.25) is 9.59 Å². The number of nitrogens with one attached hydrogen (secondary N) is 2. The molecule has 2 atom stereocenters. The first-order valence-electron chi connectivity index (χ1n) is 9.73. The van der Waals surface area contributed by atoms with Crippen LogP contribution in [0.25, 0.3) is 0 Å². The second-order valence-electron chi connectivity index (χ2n) is 7.92. The predicted molar refractivity (Wildman–Crippen MR) is 110 cm³/mol. The Morgan fingerprint density at radius 3 is 2.48 bits per heavy atom. The monoisotopic (exact) mass is 411 g/mol. The number of benzene rings is 1. The van der Waals surface area contributed by atoms with E-state index in [1.165, 1.54) is 12.8 Å². The first-order valence-corrected chi connectivity index (χ1v) is 10.1. The largest absolute Gasteiger partial charge is 0.339 e. The van der Waals surface area contributed by atoms with Gasteiger partial charge in [0.05, 0.1) is 11.3 Å². The number of fused-ring (bicyclic) bond motifs is 2. The predicted octanol–water partition coefficient (Wildman–Crippen LogP) is 3.86. The highest BCUT2D eigenvalue weighted by Gasteiger charge is 2.34. The quantitative estimate of drug-likeness (QED) is 0.790. The fourth-order valence-corrected chi connectivity index (χ4v) is 4.87. The van der Waals surface area contributed by atoms with E-state index < -0.39 is 0 Å². The third kappa shape index (κ3) is 4.76. The molecule has 0 spiro atoms. The van der Waals surface area contributed by atoms with Gasteiger partial charge in [0.1, 0.15) is 0 Å². The number of hydrogen-bond donors (Lipinski definition) is 2. The van der Waals surface area contributed by atoms with Crippen molar-refractivity contribution in [3.8, 4) is 0 Å². The van der Waals surface area contributed by atoms with Crippen molar-refractivity contribution in [3.63, 3.8) is 0 Å². The van der Waals surface area contributed by atoms with Crippen molar-refractivity contribution in [3.05, 3.63) is 28.8 Å². The van der Waals surface area contributed by atoms with Crippen LogP contribution in [0.1, 0.15) is 55.3 Å². The molecule has 0 radical (unpaired) electrons. The van der Waals surface area contributed by atoms with E-state index in [9.17, 15) is 9.59 Å². The Bertz CT molecular complexity index is 694. The summed E-state index contributed by atoms with van der Waals surface area (Å²) in [7, 11) is 0. The summed E-state index contributed by atoms with van der Waals surface area (Å²) in [5.41, 5.74) is 1.08. The third-order valence-electron chi connectivity index (χ3n) is 5.92. The number of anilines is 1. The SMILES string of the molecule is Cl.O=C(CC1CC2CCC(C1)N2)Nc1ccc(Cl)cc1C(=O)N1CCCC1. The van der Waals surface area contributed by atoms with Crippen LogP contribution in [0.15, 0.2) is 18.2 Å². The maximum absolute atomic E-state index is 12.8. The molecule has 2 amide bonds. The van der Waals surface area contributed by atoms with Gasteiger partial charge in [-0.25, -0.2) is 0 Å². The summed E-state index contributed by atoms with van der Waals surface area (Å²) in [5, 5.41) is 7.10. The van der Waals surface area contributed by atoms with Crippen molar-refractivity contribution >= 4 is 41.5 Å². The Hall–Kier alpha value is -1.30. The van der Waals surface area contributed by atoms with E-state index in [-0.39, 0.29) is 24.2 Å². The second kappa shape index (κ2) is 8.80. The fourth-order valence-electron chi connectivity index (χ4n) is 4.70. The van der Waals surface area contributed by atoms with E-state index in [2.05, 4.69) is 10.6 Å². The minimum absolute atomic E-state index is 0. The molecule has 1 aromatic rings. The minimum atomic E-state index is -0.0415. The molecule has 3 aliphatic rings. The molecule has 3 heterocycles. The third-order valence-corrected chi connectivity index (χ3v) is 6.16. The van der Waals surface area contributed by atoms with Crippen LogP contribution < -0.4 is 10.6 Å². The lowest BCUT2D eigenvalue weighted by Crippen LogP contribution is -2.39. The molecule has 3 saturated heterocycles. The number of hydrogen-bond acceptors (Lipinski definition) is 3. The van der Waals surface area contributed by atoms with Crippen LogP contribution in [0.3, 0.4) is 0 Å². The molecule has 0 aromatic heterocycles. The number of amides is 2. The average Bonchev–Trinajstić information content (AvgIpc) is 3.26. The van der Waals surface area contributed by atoms with Crippen LogP contribution in [0, 0.1) is 5.92 Å². The molecule has 3 fully saturated rings. The van der Waals surface area contributed by atoms with Crippen molar-refractivity contribution < 1.29 is 9.59 Å². The summed E-state index contributed by atoms with van der Waals surface area (Å²) in [6.45, 7) is 1.55. The van der Waals surface area contributed by atoms with E-state index in [0.717, 1.165) is 38.8 Å². The highest BCUT2D eigenvalue weighted by molar-refractivity contribution is 6.31. The molecule has 1 aromatic carbocycles. The summed E-state index contributed by atoms with van der Waals surface area (Å²) in [4.78, 5) is 27.2. The highest BCUT2D eigenvalue weighted by atomic mass is 35.5. The van der Waals surface area contributed by atoms with Crippen LogP contribution in [0.5, 0.6) is 0 Å². The van der Waals surface area contributed by atoms with Gasteiger partial charge in [0.25, 0.3) is 5.91 Å². The zero-order valence-electron chi connectivity index (χ0n) is 15.4. The molecular weight excluding hydrogens is 385 g/mol. The highest BCUT2D eigenvalue weighted by Crippen LogP contribution is 2.33. The van der Waals surface area contributed by atoms with Crippen LogP contribution in [-0.2, 0) is 4.79 Å². The van der Waals surface area contributed by atoms with Crippen molar-refractivity contribution in [1.29, 1.82) is 0 Å². The molecule has 0 saturated carbocycles. The second-order valence-corrected chi connectivity index (χ2v) is 8.35. The number of carbonyl (C=O) groups is 2. The van der Waals surface area contributed by atoms with Gasteiger partial charge in [-0.1, -0.05) is 11.6 Å². The lowest BCUT2D eigenvalue weighted by atomic mass is 9.89. The molecule has 4 rings (SSSR count). The number of carbonyl (C=O) groups excluding carboxylic acids is 2. The summed E-state index contributed by atoms with van der Waals surface area (Å²) in [6, 6.07) is 6.30. The Morgan fingerprint density at radius 1 is 1.15 bits per heavy atom. The molecule has 3 aliphatic heterocycles. The van der Waals surface area contributed by atoms with Gasteiger partial charge in [0.15, 0.2) is 0 Å². The van der Waals surface area contributed by atoms with Gasteiger partial charge in [-0.2, -0.15) is 0 Å². The molecule has 2 bridgehead atoms. The van der Waals surface area contributed by atoms with Crippen LogP contribution in [0.2, 0.25) is 5.02 Å². The van der Waals surface area contributed by atoms with Gasteiger partial charge in [-0.05, 0) is 62.6 Å². The van der Waals surface area contributed by atoms with Crippen LogP contribution >= 0.6 is 24.0 Å². The number of rotatable bonds is 4. The van der Waals surface area contributed by atoms with Crippen molar-refractivity contribution in [2.24, 2.45) is 5.92 Å². The number of nitrogens with zero attached hydrogens (tertiary/aromatic N) is 1. The van der Waals surface area contributed by atoms with Crippen molar-refractivity contribution in [2.75, 3.05) is 18.4 Å². The molecule has 7 heteroatoms. The molecule has 5 nitrogen and oxygen atoms in total. The minimum Gasteiger partial charge on any atom is -0.339 e. The van der Waals surface area contributed by atoms with Gasteiger partial charge >= 0.3 is 0 Å². The van der Waals surface area contributed by atoms with E-state index in [4.69, 9.17) is 11.6 Å². The zero-order chi connectivity index (χ0) is 18.1. The van der Waals surface area contributed by atoms with E-state index >= 15 is 0 Å². The van der Waals surface area contributed by atoms with E-state index in [0.29, 0.717) is 40.7 Å². The smallest absolute Gasteiger partial charge is 0.256 e. The first kappa shape index (κ1) is 20.4. The fraction of sp³-hybridized carbons (Fsp3) is 0.600. The van der Waals surface area contributed by atoms with Gasteiger partial charge in [0.2, 0.25) is 5.91 Å². The summed E-state index contributed by atoms with van der Waals surface area (Å²) >= 11 is 6.11. The topological polar surface area (TPSA) is 61.4 Å². The van der Waals surface area contributed by atoms with Gasteiger partial charge in [-0.15, -0.1) is 12.4 Å². The molecule has 2 N–H and O–H groups in total. The Labute approximate surface area is 171 Å². The average molecular weight is 412 g/mol. The summed E-state index contributed by atoms with van der Waals surface area (Å²) in [5.74, 6) is 0.382. The molecule has 0 aliphatic carbocycles.